The van der Waals surface area contributed by atoms with Crippen LogP contribution in [0.25, 0.3) is 0 Å². The van der Waals surface area contributed by atoms with Gasteiger partial charge in [0.25, 0.3) is 0 Å². The molecule has 0 heterocycles. The summed E-state index contributed by atoms with van der Waals surface area (Å²) < 4.78 is 0. The zero-order chi connectivity index (χ0) is 10.5. The van der Waals surface area contributed by atoms with Gasteiger partial charge in [0.05, 0.1) is 0 Å². The summed E-state index contributed by atoms with van der Waals surface area (Å²) in [5.41, 5.74) is 5.51. The second-order valence-electron chi connectivity index (χ2n) is 4.32. The van der Waals surface area contributed by atoms with E-state index in [0.717, 1.165) is 0 Å². The van der Waals surface area contributed by atoms with Gasteiger partial charge in [0.2, 0.25) is 0 Å². The Morgan fingerprint density at radius 1 is 1.62 bits per heavy atom. The van der Waals surface area contributed by atoms with Crippen LogP contribution in [-0.2, 0) is 4.79 Å². The van der Waals surface area contributed by atoms with Gasteiger partial charge in [-0.25, -0.2) is 0 Å². The summed E-state index contributed by atoms with van der Waals surface area (Å²) in [7, 11) is 0. The normalized spacial score (nSPS) is 14.2. The number of nitrogens with one attached hydrogen (secondary N) is 1. The molecule has 0 aliphatic rings. The second-order valence-corrected chi connectivity index (χ2v) is 4.32. The highest BCUT2D eigenvalue weighted by molar-refractivity contribution is 5.66. The molecule has 0 bridgehead atoms. The number of aliphatic carboxylic acids is 1. The summed E-state index contributed by atoms with van der Waals surface area (Å²) in [5.74, 6) is -0.596. The average Bonchev–Trinajstić information content (AvgIpc) is 1.81. The molecule has 0 aromatic carbocycles. The van der Waals surface area contributed by atoms with Gasteiger partial charge in [-0.05, 0) is 26.3 Å². The smallest absolute Gasteiger partial charge is 0.303 e. The Morgan fingerprint density at radius 3 is 2.54 bits per heavy atom. The Kier molecular flexibility index (Phi) is 4.95. The van der Waals surface area contributed by atoms with E-state index in [4.69, 9.17) is 10.8 Å². The number of carboxylic acid groups (broad SMARTS) is 1. The van der Waals surface area contributed by atoms with Crippen LogP contribution in [0.2, 0.25) is 0 Å². The van der Waals surface area contributed by atoms with Gasteiger partial charge < -0.3 is 16.2 Å². The fourth-order valence-corrected chi connectivity index (χ4v) is 1.01. The van der Waals surface area contributed by atoms with E-state index in [1.165, 1.54) is 0 Å². The summed E-state index contributed by atoms with van der Waals surface area (Å²) >= 11 is 0. The Hall–Kier alpha value is -0.610. The Labute approximate surface area is 79.5 Å². The standard InChI is InChI=1S/C9H20N2O2/c1-7(4-8(12)13)5-11-6-9(2,3)10/h7,11H,4-6,10H2,1-3H3,(H,12,13). The molecule has 0 aromatic heterocycles. The van der Waals surface area contributed by atoms with Crippen LogP contribution in [0.5, 0.6) is 0 Å². The first kappa shape index (κ1) is 12.4. The fraction of sp³-hybridized carbons (Fsp3) is 0.889. The average molecular weight is 188 g/mol. The maximum atomic E-state index is 10.3. The third kappa shape index (κ3) is 9.30. The largest absolute Gasteiger partial charge is 0.481 e. The van der Waals surface area contributed by atoms with Crippen molar-refractivity contribution in [3.8, 4) is 0 Å². The lowest BCUT2D eigenvalue weighted by molar-refractivity contribution is -0.137. The van der Waals surface area contributed by atoms with Crippen molar-refractivity contribution in [2.45, 2.75) is 32.7 Å². The Bertz CT molecular complexity index is 163. The van der Waals surface area contributed by atoms with E-state index >= 15 is 0 Å². The summed E-state index contributed by atoms with van der Waals surface area (Å²) in [4.78, 5) is 10.3. The zero-order valence-electron chi connectivity index (χ0n) is 8.63. The number of hydrogen-bond donors (Lipinski definition) is 3. The molecule has 0 spiro atoms. The summed E-state index contributed by atoms with van der Waals surface area (Å²) in [5, 5.41) is 11.6. The van der Waals surface area contributed by atoms with Crippen LogP contribution in [0.4, 0.5) is 0 Å². The molecule has 0 aliphatic heterocycles. The van der Waals surface area contributed by atoms with Crippen LogP contribution in [0.3, 0.4) is 0 Å². The molecule has 0 saturated carbocycles. The maximum Gasteiger partial charge on any atom is 0.303 e. The van der Waals surface area contributed by atoms with Crippen molar-refractivity contribution in [1.82, 2.24) is 5.32 Å². The van der Waals surface area contributed by atoms with Crippen LogP contribution in [0, 0.1) is 5.92 Å². The molecule has 78 valence electrons. The number of hydrogen-bond acceptors (Lipinski definition) is 3. The summed E-state index contributed by atoms with van der Waals surface area (Å²) in [6.45, 7) is 7.18. The second kappa shape index (κ2) is 5.19. The van der Waals surface area contributed by atoms with Gasteiger partial charge in [-0.3, -0.25) is 4.79 Å². The van der Waals surface area contributed by atoms with E-state index in [0.29, 0.717) is 13.1 Å². The van der Waals surface area contributed by atoms with Gasteiger partial charge >= 0.3 is 5.97 Å². The first-order chi connectivity index (χ1) is 5.81. The van der Waals surface area contributed by atoms with Crippen molar-refractivity contribution in [3.05, 3.63) is 0 Å². The topological polar surface area (TPSA) is 75.3 Å². The van der Waals surface area contributed by atoms with E-state index in [2.05, 4.69) is 5.32 Å². The van der Waals surface area contributed by atoms with E-state index in [1.54, 1.807) is 0 Å². The monoisotopic (exact) mass is 188 g/mol. The Morgan fingerprint density at radius 2 is 2.15 bits per heavy atom. The zero-order valence-corrected chi connectivity index (χ0v) is 8.63. The predicted molar refractivity (Wildman–Crippen MR) is 52.6 cm³/mol. The van der Waals surface area contributed by atoms with E-state index in [-0.39, 0.29) is 17.9 Å². The van der Waals surface area contributed by atoms with Crippen LogP contribution >= 0.6 is 0 Å². The minimum atomic E-state index is -0.749. The first-order valence-corrected chi connectivity index (χ1v) is 4.52. The fourth-order valence-electron chi connectivity index (χ4n) is 1.01. The van der Waals surface area contributed by atoms with Crippen molar-refractivity contribution < 1.29 is 9.90 Å². The van der Waals surface area contributed by atoms with Gasteiger partial charge in [0.1, 0.15) is 0 Å². The van der Waals surface area contributed by atoms with Crippen molar-refractivity contribution >= 4 is 5.97 Å². The quantitative estimate of drug-likeness (QED) is 0.565. The summed E-state index contributed by atoms with van der Waals surface area (Å²) in [6, 6.07) is 0. The van der Waals surface area contributed by atoms with Crippen molar-refractivity contribution in [3.63, 3.8) is 0 Å². The molecule has 0 rings (SSSR count). The van der Waals surface area contributed by atoms with Gasteiger partial charge in [-0.1, -0.05) is 6.92 Å². The third-order valence-electron chi connectivity index (χ3n) is 1.60. The molecule has 0 aromatic rings. The minimum absolute atomic E-state index is 0.153. The molecule has 0 amide bonds. The van der Waals surface area contributed by atoms with Crippen molar-refractivity contribution in [2.24, 2.45) is 11.7 Å². The molecule has 1 unspecified atom stereocenters. The number of carbonyl (C=O) groups is 1. The molecule has 1 atom stereocenters. The molecule has 0 fully saturated rings. The molecule has 4 N–H and O–H groups in total. The lowest BCUT2D eigenvalue weighted by atomic mass is 10.1. The number of rotatable bonds is 6. The number of nitrogens with two attached hydrogens (primary N) is 1. The molecule has 4 nitrogen and oxygen atoms in total. The summed E-state index contributed by atoms with van der Waals surface area (Å²) in [6.07, 6.45) is 0.206. The van der Waals surface area contributed by atoms with E-state index in [9.17, 15) is 4.79 Å². The predicted octanol–water partition coefficient (Wildman–Crippen LogP) is 0.424. The molecule has 0 saturated heterocycles. The third-order valence-corrected chi connectivity index (χ3v) is 1.60. The van der Waals surface area contributed by atoms with Crippen LogP contribution in [-0.4, -0.2) is 29.7 Å². The number of carboxylic acids is 1. The maximum absolute atomic E-state index is 10.3. The van der Waals surface area contributed by atoms with Crippen molar-refractivity contribution in [1.29, 1.82) is 0 Å². The van der Waals surface area contributed by atoms with E-state index in [1.807, 2.05) is 20.8 Å². The molecule has 0 radical (unpaired) electrons. The lowest BCUT2D eigenvalue weighted by Crippen LogP contribution is -2.44. The van der Waals surface area contributed by atoms with E-state index < -0.39 is 5.97 Å². The molecular formula is C9H20N2O2. The molecular weight excluding hydrogens is 168 g/mol. The Balaban J connectivity index is 3.48. The molecule has 13 heavy (non-hydrogen) atoms. The van der Waals surface area contributed by atoms with Gasteiger partial charge in [0, 0.05) is 18.5 Å². The minimum Gasteiger partial charge on any atom is -0.481 e. The lowest BCUT2D eigenvalue weighted by Gasteiger charge is -2.20. The molecule has 4 heteroatoms. The highest BCUT2D eigenvalue weighted by Crippen LogP contribution is 2.00. The SMILES string of the molecule is CC(CNCC(C)(C)N)CC(=O)O. The van der Waals surface area contributed by atoms with Crippen LogP contribution in [0.15, 0.2) is 0 Å². The van der Waals surface area contributed by atoms with Gasteiger partial charge in [0.15, 0.2) is 0 Å². The van der Waals surface area contributed by atoms with Gasteiger partial charge in [-0.2, -0.15) is 0 Å². The first-order valence-electron chi connectivity index (χ1n) is 4.52. The van der Waals surface area contributed by atoms with Gasteiger partial charge in [-0.15, -0.1) is 0 Å². The van der Waals surface area contributed by atoms with Crippen LogP contribution in [0.1, 0.15) is 27.2 Å². The molecule has 0 aliphatic carbocycles. The van der Waals surface area contributed by atoms with Crippen molar-refractivity contribution in [2.75, 3.05) is 13.1 Å². The highest BCUT2D eigenvalue weighted by atomic mass is 16.4. The van der Waals surface area contributed by atoms with Crippen LogP contribution < -0.4 is 11.1 Å². The highest BCUT2D eigenvalue weighted by Gasteiger charge is 2.11.